The van der Waals surface area contributed by atoms with E-state index in [4.69, 9.17) is 0 Å². The Bertz CT molecular complexity index is 680. The van der Waals surface area contributed by atoms with Crippen LogP contribution in [-0.2, 0) is 11.0 Å². The van der Waals surface area contributed by atoms with Crippen molar-refractivity contribution in [3.8, 4) is 0 Å². The van der Waals surface area contributed by atoms with Crippen LogP contribution in [0.15, 0.2) is 12.3 Å². The van der Waals surface area contributed by atoms with Crippen LogP contribution in [0.3, 0.4) is 0 Å². The number of hydrogen-bond donors (Lipinski definition) is 1. The predicted octanol–water partition coefficient (Wildman–Crippen LogP) is 2.39. The van der Waals surface area contributed by atoms with E-state index in [9.17, 15) is 22.4 Å². The first-order valence-electron chi connectivity index (χ1n) is 7.88. The fourth-order valence-corrected chi connectivity index (χ4v) is 3.78. The van der Waals surface area contributed by atoms with Crippen molar-refractivity contribution in [3.63, 3.8) is 0 Å². The third-order valence-electron chi connectivity index (χ3n) is 4.93. The maximum Gasteiger partial charge on any atom is 0.417 e. The van der Waals surface area contributed by atoms with E-state index in [2.05, 4.69) is 10.3 Å². The number of halogens is 4. The standard InChI is InChI=1S/C15H16F4N4O/c16-9-7-23-12(5-11(9)22-3-1-2-13(22)24)21-10-4-8(15(17,18)19)6-20-14(10)23/h4,6,9,11-12,21H,1-3,5,7H2. The second kappa shape index (κ2) is 5.22. The lowest BCUT2D eigenvalue weighted by Crippen LogP contribution is -2.57. The Morgan fingerprint density at radius 3 is 2.75 bits per heavy atom. The number of nitrogens with one attached hydrogen (secondary N) is 1. The quantitative estimate of drug-likeness (QED) is 0.795. The van der Waals surface area contributed by atoms with E-state index in [-0.39, 0.29) is 24.3 Å². The van der Waals surface area contributed by atoms with Gasteiger partial charge >= 0.3 is 6.18 Å². The lowest BCUT2D eigenvalue weighted by molar-refractivity contribution is -0.137. The molecule has 24 heavy (non-hydrogen) atoms. The fraction of sp³-hybridized carbons (Fsp3) is 0.600. The first-order valence-corrected chi connectivity index (χ1v) is 7.88. The van der Waals surface area contributed by atoms with Crippen molar-refractivity contribution in [2.75, 3.05) is 23.3 Å². The molecule has 3 aliphatic heterocycles. The molecular weight excluding hydrogens is 328 g/mol. The summed E-state index contributed by atoms with van der Waals surface area (Å²) in [4.78, 5) is 19.0. The predicted molar refractivity (Wildman–Crippen MR) is 78.2 cm³/mol. The van der Waals surface area contributed by atoms with Crippen molar-refractivity contribution in [2.24, 2.45) is 0 Å². The highest BCUT2D eigenvalue weighted by Crippen LogP contribution is 2.41. The minimum atomic E-state index is -4.47. The lowest BCUT2D eigenvalue weighted by Gasteiger charge is -2.41. The average molecular weight is 344 g/mol. The smallest absolute Gasteiger partial charge is 0.362 e. The van der Waals surface area contributed by atoms with Gasteiger partial charge in [0.15, 0.2) is 5.82 Å². The highest BCUT2D eigenvalue weighted by molar-refractivity contribution is 5.79. The van der Waals surface area contributed by atoms with Gasteiger partial charge in [-0.25, -0.2) is 9.37 Å². The zero-order valence-electron chi connectivity index (χ0n) is 12.7. The van der Waals surface area contributed by atoms with E-state index >= 15 is 0 Å². The van der Waals surface area contributed by atoms with Crippen molar-refractivity contribution >= 4 is 17.4 Å². The van der Waals surface area contributed by atoms with Gasteiger partial charge in [0.2, 0.25) is 5.91 Å². The van der Waals surface area contributed by atoms with Gasteiger partial charge in [-0.1, -0.05) is 0 Å². The number of carbonyl (C=O) groups excluding carboxylic acids is 1. The molecular formula is C15H16F4N4O. The van der Waals surface area contributed by atoms with E-state index in [0.717, 1.165) is 18.7 Å². The Kier molecular flexibility index (Phi) is 3.36. The number of nitrogens with zero attached hydrogens (tertiary/aromatic N) is 3. The van der Waals surface area contributed by atoms with Gasteiger partial charge in [0.05, 0.1) is 23.8 Å². The van der Waals surface area contributed by atoms with Gasteiger partial charge in [-0.3, -0.25) is 4.79 Å². The number of piperidine rings is 1. The number of likely N-dealkylation sites (tertiary alicyclic amines) is 1. The summed E-state index contributed by atoms with van der Waals surface area (Å²) >= 11 is 0. The summed E-state index contributed by atoms with van der Waals surface area (Å²) in [5.74, 6) is 0.283. The summed E-state index contributed by atoms with van der Waals surface area (Å²) in [7, 11) is 0. The molecule has 0 aliphatic carbocycles. The molecule has 3 unspecified atom stereocenters. The summed E-state index contributed by atoms with van der Waals surface area (Å²) in [5.41, 5.74) is -0.577. The van der Waals surface area contributed by atoms with E-state index in [1.807, 2.05) is 0 Å². The van der Waals surface area contributed by atoms with Crippen LogP contribution in [0, 0.1) is 0 Å². The SMILES string of the molecule is O=C1CCCN1C1CC2Nc3cc(C(F)(F)F)cnc3N2CC1F. The summed E-state index contributed by atoms with van der Waals surface area (Å²) < 4.78 is 53.0. The Hall–Kier alpha value is -2.06. The van der Waals surface area contributed by atoms with Crippen molar-refractivity contribution in [3.05, 3.63) is 17.8 Å². The maximum absolute atomic E-state index is 14.6. The number of anilines is 2. The Morgan fingerprint density at radius 2 is 2.08 bits per heavy atom. The van der Waals surface area contributed by atoms with E-state index in [1.54, 1.807) is 9.80 Å². The number of carbonyl (C=O) groups is 1. The molecule has 3 aliphatic rings. The van der Waals surface area contributed by atoms with Crippen LogP contribution in [0.5, 0.6) is 0 Å². The summed E-state index contributed by atoms with van der Waals surface area (Å²) in [5, 5.41) is 3.00. The van der Waals surface area contributed by atoms with Gasteiger partial charge in [-0.2, -0.15) is 13.2 Å². The molecule has 0 spiro atoms. The second-order valence-electron chi connectivity index (χ2n) is 6.42. The van der Waals surface area contributed by atoms with Crippen LogP contribution in [0.2, 0.25) is 0 Å². The van der Waals surface area contributed by atoms with E-state index in [0.29, 0.717) is 25.2 Å². The van der Waals surface area contributed by atoms with Gasteiger partial charge in [0, 0.05) is 25.6 Å². The zero-order chi connectivity index (χ0) is 17.1. The molecule has 2 saturated heterocycles. The summed E-state index contributed by atoms with van der Waals surface area (Å²) in [6, 6.07) is 0.467. The highest BCUT2D eigenvalue weighted by Gasteiger charge is 2.45. The molecule has 4 rings (SSSR count). The molecule has 5 nitrogen and oxygen atoms in total. The minimum Gasteiger partial charge on any atom is -0.362 e. The number of aromatic nitrogens is 1. The van der Waals surface area contributed by atoms with Gasteiger partial charge in [0.25, 0.3) is 0 Å². The topological polar surface area (TPSA) is 48.5 Å². The molecule has 2 fully saturated rings. The van der Waals surface area contributed by atoms with E-state index in [1.165, 1.54) is 0 Å². The third kappa shape index (κ3) is 2.37. The summed E-state index contributed by atoms with van der Waals surface area (Å²) in [6.07, 6.45) is -3.82. The van der Waals surface area contributed by atoms with E-state index < -0.39 is 24.0 Å². The minimum absolute atomic E-state index is 0.0114. The first-order chi connectivity index (χ1) is 11.3. The Morgan fingerprint density at radius 1 is 1.29 bits per heavy atom. The van der Waals surface area contributed by atoms with Crippen LogP contribution in [0.1, 0.15) is 24.8 Å². The largest absolute Gasteiger partial charge is 0.417 e. The molecule has 4 heterocycles. The van der Waals surface area contributed by atoms with Crippen molar-refractivity contribution in [2.45, 2.75) is 43.8 Å². The number of amides is 1. The number of rotatable bonds is 1. The van der Waals surface area contributed by atoms with Crippen molar-refractivity contribution < 1.29 is 22.4 Å². The normalized spacial score (nSPS) is 29.5. The number of alkyl halides is 4. The fourth-order valence-electron chi connectivity index (χ4n) is 3.78. The summed E-state index contributed by atoms with van der Waals surface area (Å²) in [6.45, 7) is 0.553. The van der Waals surface area contributed by atoms with Crippen LogP contribution in [0.25, 0.3) is 0 Å². The van der Waals surface area contributed by atoms with Crippen LogP contribution in [0.4, 0.5) is 29.1 Å². The van der Waals surface area contributed by atoms with Crippen LogP contribution in [-0.4, -0.2) is 47.3 Å². The Balaban J connectivity index is 1.58. The van der Waals surface area contributed by atoms with Crippen LogP contribution < -0.4 is 10.2 Å². The monoisotopic (exact) mass is 344 g/mol. The average Bonchev–Trinajstić information content (AvgIpc) is 3.08. The molecule has 0 radical (unpaired) electrons. The van der Waals surface area contributed by atoms with Crippen LogP contribution >= 0.6 is 0 Å². The van der Waals surface area contributed by atoms with Gasteiger partial charge < -0.3 is 15.1 Å². The van der Waals surface area contributed by atoms with Gasteiger partial charge in [0.1, 0.15) is 12.3 Å². The molecule has 0 aromatic carbocycles. The number of hydrogen-bond acceptors (Lipinski definition) is 4. The number of fused-ring (bicyclic) bond motifs is 3. The maximum atomic E-state index is 14.6. The van der Waals surface area contributed by atoms with Crippen molar-refractivity contribution in [1.82, 2.24) is 9.88 Å². The lowest BCUT2D eigenvalue weighted by atomic mass is 9.99. The van der Waals surface area contributed by atoms with Gasteiger partial charge in [-0.15, -0.1) is 0 Å². The highest BCUT2D eigenvalue weighted by atomic mass is 19.4. The zero-order valence-corrected chi connectivity index (χ0v) is 12.7. The molecule has 1 N–H and O–H groups in total. The second-order valence-corrected chi connectivity index (χ2v) is 6.42. The molecule has 0 saturated carbocycles. The number of pyridine rings is 1. The molecule has 130 valence electrons. The molecule has 1 aromatic heterocycles. The van der Waals surface area contributed by atoms with Gasteiger partial charge in [-0.05, 0) is 12.5 Å². The van der Waals surface area contributed by atoms with Crippen molar-refractivity contribution in [1.29, 1.82) is 0 Å². The first kappa shape index (κ1) is 15.5. The molecule has 3 atom stereocenters. The molecule has 1 aromatic rings. The molecule has 9 heteroatoms. The molecule has 0 bridgehead atoms. The Labute approximate surface area is 135 Å². The third-order valence-corrected chi connectivity index (χ3v) is 4.93. The molecule has 1 amide bonds.